The third kappa shape index (κ3) is 19.5. The lowest BCUT2D eigenvalue weighted by Crippen LogP contribution is -2.11. The third-order valence-corrected chi connectivity index (χ3v) is 23.6. The Balaban J connectivity index is 0.000000130. The van der Waals surface area contributed by atoms with Crippen LogP contribution >= 0.6 is 0 Å². The van der Waals surface area contributed by atoms with Crippen molar-refractivity contribution in [1.29, 1.82) is 0 Å². The van der Waals surface area contributed by atoms with E-state index < -0.39 is 0 Å². The molecule has 612 valence electrons. The van der Waals surface area contributed by atoms with Gasteiger partial charge in [0.1, 0.15) is 0 Å². The standard InChI is InChI=1S/C54H39N.2C36H27N/c1-4-10-40(11-5-1)43-16-22-46(23-17-43)49-28-34-52(35-29-49)55(53-36-30-50(31-37-53)47-24-18-44(19-25-47)41-12-6-2-7-13-41)54-38-32-51(33-39-54)48-26-20-45(21-27-48)42-14-8-3-9-15-42;1-4-13-28(14-5-1)31-19-10-22-34(25-31)37(35-23-11-20-32(26-35)29-15-6-2-7-16-29)36-24-12-21-33(27-36)30-17-8-3-9-18-30;1-4-14-28(15-5-1)31-20-12-22-33(26-31)37(34-23-13-21-32(27-34)29-16-6-2-7-17-29)36-25-11-10-24-35(36)30-18-8-3-9-19-30/h1-39H;2*1-27H. The normalized spacial score (nSPS) is 10.8. The quantitative estimate of drug-likeness (QED) is 0.0710. The molecule has 0 amide bonds. The maximum absolute atomic E-state index is 2.38. The zero-order chi connectivity index (χ0) is 86.5. The Morgan fingerprint density at radius 2 is 0.233 bits per heavy atom. The third-order valence-electron chi connectivity index (χ3n) is 23.6. The van der Waals surface area contributed by atoms with Gasteiger partial charge in [-0.1, -0.05) is 461 Å². The first-order chi connectivity index (χ1) is 64.0. The highest BCUT2D eigenvalue weighted by Crippen LogP contribution is 2.46. The highest BCUT2D eigenvalue weighted by atomic mass is 15.2. The average molecular weight is 1650 g/mol. The minimum atomic E-state index is 1.10. The van der Waals surface area contributed by atoms with Crippen LogP contribution in [0.25, 0.3) is 134 Å². The van der Waals surface area contributed by atoms with Gasteiger partial charge in [0.15, 0.2) is 0 Å². The first-order valence-corrected chi connectivity index (χ1v) is 44.1. The highest BCUT2D eigenvalue weighted by molar-refractivity contribution is 5.92. The fourth-order valence-corrected chi connectivity index (χ4v) is 17.0. The van der Waals surface area contributed by atoms with E-state index in [2.05, 4.69) is 579 Å². The molecular formula is C126H93N3. The smallest absolute Gasteiger partial charge is 0.0540 e. The number of hydrogen-bond acceptors (Lipinski definition) is 3. The van der Waals surface area contributed by atoms with Gasteiger partial charge in [-0.15, -0.1) is 0 Å². The topological polar surface area (TPSA) is 9.72 Å². The van der Waals surface area contributed by atoms with E-state index in [4.69, 9.17) is 0 Å². The van der Waals surface area contributed by atoms with Gasteiger partial charge in [-0.25, -0.2) is 0 Å². The molecule has 21 rings (SSSR count). The second kappa shape index (κ2) is 39.7. The van der Waals surface area contributed by atoms with Crippen LogP contribution < -0.4 is 14.7 Å². The van der Waals surface area contributed by atoms with Gasteiger partial charge >= 0.3 is 0 Å². The van der Waals surface area contributed by atoms with Crippen LogP contribution in [-0.2, 0) is 0 Å². The first-order valence-electron chi connectivity index (χ1n) is 44.1. The molecule has 21 aromatic rings. The molecule has 0 fully saturated rings. The summed E-state index contributed by atoms with van der Waals surface area (Å²) in [6, 6.07) is 201. The number of para-hydroxylation sites is 1. The monoisotopic (exact) mass is 1650 g/mol. The van der Waals surface area contributed by atoms with Crippen LogP contribution in [0, 0.1) is 0 Å². The first kappa shape index (κ1) is 81.7. The molecule has 0 saturated carbocycles. The fraction of sp³-hybridized carbons (Fsp3) is 0. The Kier molecular flexibility index (Phi) is 25.1. The maximum atomic E-state index is 2.38. The van der Waals surface area contributed by atoms with Crippen molar-refractivity contribution in [1.82, 2.24) is 0 Å². The van der Waals surface area contributed by atoms with Crippen LogP contribution in [0.4, 0.5) is 51.2 Å². The van der Waals surface area contributed by atoms with E-state index >= 15 is 0 Å². The van der Waals surface area contributed by atoms with E-state index in [1.54, 1.807) is 0 Å². The predicted octanol–water partition coefficient (Wildman–Crippen LogP) is 35.5. The van der Waals surface area contributed by atoms with E-state index in [1.807, 2.05) is 0 Å². The average Bonchev–Trinajstić information content (AvgIpc) is 1.13. The molecule has 0 aliphatic rings. The lowest BCUT2D eigenvalue weighted by Gasteiger charge is -2.28. The molecule has 0 bridgehead atoms. The minimum absolute atomic E-state index is 1.10. The number of benzene rings is 21. The van der Waals surface area contributed by atoms with Crippen molar-refractivity contribution < 1.29 is 0 Å². The summed E-state index contributed by atoms with van der Waals surface area (Å²) in [6.07, 6.45) is 0. The van der Waals surface area contributed by atoms with Crippen LogP contribution in [0.15, 0.2) is 564 Å². The lowest BCUT2D eigenvalue weighted by atomic mass is 9.99. The van der Waals surface area contributed by atoms with Crippen LogP contribution in [0.2, 0.25) is 0 Å². The molecule has 0 radical (unpaired) electrons. The van der Waals surface area contributed by atoms with Gasteiger partial charge in [-0.3, -0.25) is 0 Å². The highest BCUT2D eigenvalue weighted by Gasteiger charge is 2.22. The molecule has 0 unspecified atom stereocenters. The second-order valence-electron chi connectivity index (χ2n) is 31.9. The number of nitrogens with zero attached hydrogens (tertiary/aromatic N) is 3. The summed E-state index contributed by atoms with van der Waals surface area (Å²) < 4.78 is 0. The Labute approximate surface area is 758 Å². The van der Waals surface area contributed by atoms with E-state index in [1.165, 1.54) is 134 Å². The van der Waals surface area contributed by atoms with Crippen molar-refractivity contribution in [2.45, 2.75) is 0 Å². The Bertz CT molecular complexity index is 6590. The predicted molar refractivity (Wildman–Crippen MR) is 549 cm³/mol. The van der Waals surface area contributed by atoms with Gasteiger partial charge in [0.05, 0.1) is 5.69 Å². The van der Waals surface area contributed by atoms with Gasteiger partial charge in [0.2, 0.25) is 0 Å². The number of hydrogen-bond donors (Lipinski definition) is 0. The van der Waals surface area contributed by atoms with Crippen LogP contribution in [0.5, 0.6) is 0 Å². The molecule has 21 aromatic carbocycles. The van der Waals surface area contributed by atoms with Crippen molar-refractivity contribution in [2.24, 2.45) is 0 Å². The van der Waals surface area contributed by atoms with Crippen LogP contribution in [0.3, 0.4) is 0 Å². The molecule has 129 heavy (non-hydrogen) atoms. The summed E-state index contributed by atoms with van der Waals surface area (Å²) in [7, 11) is 0. The van der Waals surface area contributed by atoms with Gasteiger partial charge < -0.3 is 14.7 Å². The Morgan fingerprint density at radius 3 is 0.450 bits per heavy atom. The fourth-order valence-electron chi connectivity index (χ4n) is 17.0. The molecule has 0 heterocycles. The molecule has 3 nitrogen and oxygen atoms in total. The molecule has 0 aliphatic heterocycles. The largest absolute Gasteiger partial charge is 0.311 e. The molecule has 3 heteroatoms. The summed E-state index contributed by atoms with van der Waals surface area (Å²) in [5.74, 6) is 0. The molecule has 0 aromatic heterocycles. The lowest BCUT2D eigenvalue weighted by molar-refractivity contribution is 1.28. The van der Waals surface area contributed by atoms with Crippen molar-refractivity contribution in [3.63, 3.8) is 0 Å². The molecule has 0 spiro atoms. The molecule has 0 aliphatic carbocycles. The van der Waals surface area contributed by atoms with E-state index in [-0.39, 0.29) is 0 Å². The molecule has 0 N–H and O–H groups in total. The number of anilines is 9. The molecule has 0 atom stereocenters. The zero-order valence-corrected chi connectivity index (χ0v) is 71.5. The van der Waals surface area contributed by atoms with Gasteiger partial charge in [0, 0.05) is 51.1 Å². The van der Waals surface area contributed by atoms with Crippen molar-refractivity contribution >= 4 is 51.2 Å². The zero-order valence-electron chi connectivity index (χ0n) is 71.5. The van der Waals surface area contributed by atoms with Gasteiger partial charge in [-0.2, -0.15) is 0 Å². The summed E-state index contributed by atoms with van der Waals surface area (Å²) in [4.78, 5) is 7.07. The van der Waals surface area contributed by atoms with Gasteiger partial charge in [-0.05, 0) is 231 Å². The van der Waals surface area contributed by atoms with Crippen LogP contribution in [-0.4, -0.2) is 0 Å². The number of rotatable bonds is 21. The van der Waals surface area contributed by atoms with E-state index in [0.29, 0.717) is 0 Å². The Hall–Kier alpha value is -17.0. The van der Waals surface area contributed by atoms with Crippen molar-refractivity contribution in [2.75, 3.05) is 14.7 Å². The summed E-state index contributed by atoms with van der Waals surface area (Å²) in [5, 5.41) is 0. The summed E-state index contributed by atoms with van der Waals surface area (Å²) >= 11 is 0. The second-order valence-corrected chi connectivity index (χ2v) is 31.9. The molecule has 0 saturated heterocycles. The Morgan fingerprint density at radius 1 is 0.0853 bits per heavy atom. The van der Waals surface area contributed by atoms with Crippen LogP contribution in [0.1, 0.15) is 0 Å². The maximum Gasteiger partial charge on any atom is 0.0540 e. The molecular weight excluding hydrogens is 1560 g/mol. The summed E-state index contributed by atoms with van der Waals surface area (Å²) in [6.45, 7) is 0. The SMILES string of the molecule is c1ccc(-c2ccc(-c3ccc(N(c4ccc(-c5ccc(-c6ccccc6)cc5)cc4)c4ccc(-c5ccc(-c6ccccc6)cc5)cc4)cc3)cc2)cc1.c1ccc(-c2cccc(N(c3cccc(-c4ccccc4)c3)c3cccc(-c4ccccc4)c3)c2)cc1.c1ccc(-c2cccc(N(c3cccc(-c4ccccc4)c3)c3ccccc3-c3ccccc3)c2)cc1. The van der Waals surface area contributed by atoms with Crippen molar-refractivity contribution in [3.05, 3.63) is 564 Å². The van der Waals surface area contributed by atoms with E-state index in [0.717, 1.165) is 51.2 Å². The van der Waals surface area contributed by atoms with Gasteiger partial charge in [0.25, 0.3) is 0 Å². The van der Waals surface area contributed by atoms with E-state index in [9.17, 15) is 0 Å². The van der Waals surface area contributed by atoms with Crippen molar-refractivity contribution in [3.8, 4) is 134 Å². The summed E-state index contributed by atoms with van der Waals surface area (Å²) in [5.41, 5.74) is 39.0. The minimum Gasteiger partial charge on any atom is -0.311 e.